The number of hydrogen-bond acceptors (Lipinski definition) is 3. The SMILES string of the molecule is CCC(N)Cc1cncc(I)c1N.Cl. The molecule has 1 aromatic rings. The number of hydrogen-bond donors (Lipinski definition) is 2. The molecule has 1 atom stereocenters. The van der Waals surface area contributed by atoms with Gasteiger partial charge in [-0.2, -0.15) is 0 Å². The van der Waals surface area contributed by atoms with Crippen LogP contribution in [0, 0.1) is 3.57 Å². The van der Waals surface area contributed by atoms with Gasteiger partial charge in [-0.1, -0.05) is 6.92 Å². The minimum atomic E-state index is 0. The van der Waals surface area contributed by atoms with Crippen LogP contribution in [0.2, 0.25) is 0 Å². The second-order valence-electron chi connectivity index (χ2n) is 3.07. The van der Waals surface area contributed by atoms with Crippen molar-refractivity contribution in [3.8, 4) is 0 Å². The number of rotatable bonds is 3. The Balaban J connectivity index is 0.00000169. The molecule has 0 amide bonds. The molecule has 14 heavy (non-hydrogen) atoms. The van der Waals surface area contributed by atoms with Crippen LogP contribution in [0.5, 0.6) is 0 Å². The van der Waals surface area contributed by atoms with Crippen molar-refractivity contribution >= 4 is 40.7 Å². The van der Waals surface area contributed by atoms with Crippen LogP contribution in [0.15, 0.2) is 12.4 Å². The Labute approximate surface area is 104 Å². The predicted molar refractivity (Wildman–Crippen MR) is 70.6 cm³/mol. The van der Waals surface area contributed by atoms with Crippen molar-refractivity contribution in [3.63, 3.8) is 0 Å². The predicted octanol–water partition coefficient (Wildman–Crippen LogP) is 1.97. The fourth-order valence-corrected chi connectivity index (χ4v) is 1.58. The van der Waals surface area contributed by atoms with Gasteiger partial charge in [0.25, 0.3) is 0 Å². The van der Waals surface area contributed by atoms with Gasteiger partial charge in [-0.3, -0.25) is 4.98 Å². The topological polar surface area (TPSA) is 64.9 Å². The van der Waals surface area contributed by atoms with Gasteiger partial charge in [0.15, 0.2) is 0 Å². The molecule has 5 heteroatoms. The average Bonchev–Trinajstić information content (AvgIpc) is 2.13. The Hall–Kier alpha value is -0.0700. The summed E-state index contributed by atoms with van der Waals surface area (Å²) in [4.78, 5) is 4.09. The molecule has 1 unspecified atom stereocenters. The number of nitrogen functional groups attached to an aromatic ring is 1. The highest BCUT2D eigenvalue weighted by atomic mass is 127. The lowest BCUT2D eigenvalue weighted by Crippen LogP contribution is -2.22. The van der Waals surface area contributed by atoms with Gasteiger partial charge in [0.2, 0.25) is 0 Å². The molecule has 0 aliphatic heterocycles. The van der Waals surface area contributed by atoms with Crippen LogP contribution in [0.4, 0.5) is 5.69 Å². The fraction of sp³-hybridized carbons (Fsp3) is 0.444. The Kier molecular flexibility index (Phi) is 6.39. The highest BCUT2D eigenvalue weighted by Gasteiger charge is 2.07. The van der Waals surface area contributed by atoms with Crippen LogP contribution in [0.1, 0.15) is 18.9 Å². The van der Waals surface area contributed by atoms with Gasteiger partial charge in [0, 0.05) is 18.4 Å². The standard InChI is InChI=1S/C9H14IN3.ClH/c1-2-7(11)3-6-4-13-5-8(10)9(6)12;/h4-5,7H,2-3,11H2,1H3,(H2,12,13);1H. The molecule has 3 nitrogen and oxygen atoms in total. The van der Waals surface area contributed by atoms with E-state index in [0.717, 1.165) is 27.7 Å². The Bertz CT molecular complexity index is 293. The second kappa shape index (κ2) is 6.42. The van der Waals surface area contributed by atoms with Gasteiger partial charge >= 0.3 is 0 Å². The van der Waals surface area contributed by atoms with E-state index in [-0.39, 0.29) is 18.4 Å². The number of halogens is 2. The van der Waals surface area contributed by atoms with Crippen molar-refractivity contribution in [1.82, 2.24) is 4.98 Å². The first-order valence-corrected chi connectivity index (χ1v) is 5.36. The quantitative estimate of drug-likeness (QED) is 0.834. The Morgan fingerprint density at radius 3 is 2.71 bits per heavy atom. The molecule has 0 saturated carbocycles. The molecule has 0 aromatic carbocycles. The third-order valence-corrected chi connectivity index (χ3v) is 2.89. The molecule has 4 N–H and O–H groups in total. The number of aromatic nitrogens is 1. The summed E-state index contributed by atoms with van der Waals surface area (Å²) >= 11 is 2.18. The normalized spacial score (nSPS) is 11.9. The fourth-order valence-electron chi connectivity index (χ4n) is 1.07. The van der Waals surface area contributed by atoms with E-state index in [1.165, 1.54) is 0 Å². The largest absolute Gasteiger partial charge is 0.398 e. The summed E-state index contributed by atoms with van der Waals surface area (Å²) < 4.78 is 0.999. The molecule has 0 bridgehead atoms. The minimum absolute atomic E-state index is 0. The zero-order valence-electron chi connectivity index (χ0n) is 8.03. The van der Waals surface area contributed by atoms with Crippen LogP contribution in [-0.4, -0.2) is 11.0 Å². The van der Waals surface area contributed by atoms with Crippen LogP contribution in [-0.2, 0) is 6.42 Å². The Morgan fingerprint density at radius 1 is 1.50 bits per heavy atom. The van der Waals surface area contributed by atoms with Gasteiger partial charge < -0.3 is 11.5 Å². The molecule has 0 radical (unpaired) electrons. The minimum Gasteiger partial charge on any atom is -0.398 e. The van der Waals surface area contributed by atoms with E-state index in [2.05, 4.69) is 34.5 Å². The van der Waals surface area contributed by atoms with Crippen molar-refractivity contribution in [1.29, 1.82) is 0 Å². The zero-order valence-corrected chi connectivity index (χ0v) is 11.0. The van der Waals surface area contributed by atoms with Gasteiger partial charge in [-0.25, -0.2) is 0 Å². The molecule has 0 spiro atoms. The number of nitrogens with zero attached hydrogens (tertiary/aromatic N) is 1. The summed E-state index contributed by atoms with van der Waals surface area (Å²) in [5.74, 6) is 0. The number of pyridine rings is 1. The van der Waals surface area contributed by atoms with Crippen LogP contribution in [0.3, 0.4) is 0 Å². The molecular weight excluding hydrogens is 312 g/mol. The van der Waals surface area contributed by atoms with E-state index in [0.29, 0.717) is 0 Å². The highest BCUT2D eigenvalue weighted by molar-refractivity contribution is 14.1. The zero-order chi connectivity index (χ0) is 9.84. The van der Waals surface area contributed by atoms with E-state index >= 15 is 0 Å². The molecule has 1 heterocycles. The second-order valence-corrected chi connectivity index (χ2v) is 4.23. The maximum Gasteiger partial charge on any atom is 0.0546 e. The highest BCUT2D eigenvalue weighted by Crippen LogP contribution is 2.19. The summed E-state index contributed by atoms with van der Waals surface area (Å²) in [6, 6.07) is 0.183. The van der Waals surface area contributed by atoms with Gasteiger partial charge in [-0.15, -0.1) is 12.4 Å². The van der Waals surface area contributed by atoms with Crippen LogP contribution >= 0.6 is 35.0 Å². The van der Waals surface area contributed by atoms with E-state index in [1.54, 1.807) is 12.4 Å². The van der Waals surface area contributed by atoms with Crippen molar-refractivity contribution in [3.05, 3.63) is 21.5 Å². The maximum atomic E-state index is 5.88. The van der Waals surface area contributed by atoms with E-state index in [1.807, 2.05) is 0 Å². The van der Waals surface area contributed by atoms with Gasteiger partial charge in [0.05, 0.1) is 9.26 Å². The van der Waals surface area contributed by atoms with Crippen molar-refractivity contribution in [2.24, 2.45) is 5.73 Å². The lowest BCUT2D eigenvalue weighted by molar-refractivity contribution is 0.646. The molecule has 0 fully saturated rings. The first-order valence-electron chi connectivity index (χ1n) is 4.28. The molecule has 80 valence electrons. The summed E-state index contributed by atoms with van der Waals surface area (Å²) in [6.07, 6.45) is 5.33. The lowest BCUT2D eigenvalue weighted by atomic mass is 10.1. The maximum absolute atomic E-state index is 5.88. The van der Waals surface area contributed by atoms with Crippen LogP contribution in [0.25, 0.3) is 0 Å². The molecule has 0 saturated heterocycles. The first-order chi connectivity index (χ1) is 6.15. The summed E-state index contributed by atoms with van der Waals surface area (Å²) in [5.41, 5.74) is 13.6. The molecule has 0 aliphatic rings. The summed E-state index contributed by atoms with van der Waals surface area (Å²) in [7, 11) is 0. The third-order valence-electron chi connectivity index (χ3n) is 2.03. The van der Waals surface area contributed by atoms with E-state index in [4.69, 9.17) is 11.5 Å². The van der Waals surface area contributed by atoms with E-state index in [9.17, 15) is 0 Å². The molecule has 1 rings (SSSR count). The molecule has 0 aliphatic carbocycles. The summed E-state index contributed by atoms with van der Waals surface area (Å²) in [5, 5.41) is 0. The van der Waals surface area contributed by atoms with E-state index < -0.39 is 0 Å². The van der Waals surface area contributed by atoms with Crippen molar-refractivity contribution in [2.75, 3.05) is 5.73 Å². The first kappa shape index (κ1) is 13.9. The lowest BCUT2D eigenvalue weighted by Gasteiger charge is -2.10. The Morgan fingerprint density at radius 2 is 2.14 bits per heavy atom. The molecular formula is C9H15ClIN3. The van der Waals surface area contributed by atoms with Crippen molar-refractivity contribution in [2.45, 2.75) is 25.8 Å². The monoisotopic (exact) mass is 327 g/mol. The van der Waals surface area contributed by atoms with Crippen molar-refractivity contribution < 1.29 is 0 Å². The van der Waals surface area contributed by atoms with Gasteiger partial charge in [0.1, 0.15) is 0 Å². The summed E-state index contributed by atoms with van der Waals surface area (Å²) in [6.45, 7) is 2.07. The number of anilines is 1. The van der Waals surface area contributed by atoms with Gasteiger partial charge in [-0.05, 0) is 41.0 Å². The molecule has 1 aromatic heterocycles. The number of nitrogens with two attached hydrogens (primary N) is 2. The third kappa shape index (κ3) is 3.59. The smallest absolute Gasteiger partial charge is 0.0546 e. The van der Waals surface area contributed by atoms with Crippen LogP contribution < -0.4 is 11.5 Å². The average molecular weight is 328 g/mol.